The Morgan fingerprint density at radius 3 is 2.35 bits per heavy atom. The Balaban J connectivity index is 1.77. The van der Waals surface area contributed by atoms with Gasteiger partial charge < -0.3 is 16.4 Å². The van der Waals surface area contributed by atoms with E-state index in [9.17, 15) is 22.8 Å². The second-order valence-electron chi connectivity index (χ2n) is 5.63. The van der Waals surface area contributed by atoms with Crippen LogP contribution in [0.25, 0.3) is 0 Å². The van der Waals surface area contributed by atoms with Crippen LogP contribution in [0.4, 0.5) is 18.0 Å². The van der Waals surface area contributed by atoms with E-state index in [1.807, 2.05) is 0 Å². The summed E-state index contributed by atoms with van der Waals surface area (Å²) in [6.45, 7) is 0.121. The zero-order valence-corrected chi connectivity index (χ0v) is 12.3. The Morgan fingerprint density at radius 1 is 1.17 bits per heavy atom. The van der Waals surface area contributed by atoms with Crippen LogP contribution in [0.5, 0.6) is 0 Å². The highest BCUT2D eigenvalue weighted by molar-refractivity contribution is 5.78. The predicted octanol–water partition coefficient (Wildman–Crippen LogP) is 2.16. The molecule has 0 radical (unpaired) electrons. The molecule has 23 heavy (non-hydrogen) atoms. The second-order valence-corrected chi connectivity index (χ2v) is 5.63. The van der Waals surface area contributed by atoms with Crippen LogP contribution in [0.3, 0.4) is 0 Å². The van der Waals surface area contributed by atoms with Gasteiger partial charge in [-0.15, -0.1) is 0 Å². The highest BCUT2D eigenvalue weighted by Gasteiger charge is 2.30. The van der Waals surface area contributed by atoms with Gasteiger partial charge in [0.05, 0.1) is 5.56 Å². The quantitative estimate of drug-likeness (QED) is 0.791. The SMILES string of the molecule is NC(=O)[C@@H]1CC[C@H](NC(=O)NCc2ccc(C(F)(F)F)cc2)C1. The van der Waals surface area contributed by atoms with Crippen LogP contribution < -0.4 is 16.4 Å². The molecular formula is C15H18F3N3O2. The molecule has 1 aromatic rings. The summed E-state index contributed by atoms with van der Waals surface area (Å²) in [6.07, 6.45) is -2.52. The lowest BCUT2D eigenvalue weighted by Crippen LogP contribution is -2.41. The number of carbonyl (C=O) groups is 2. The molecule has 2 atom stereocenters. The molecule has 0 aromatic heterocycles. The fourth-order valence-corrected chi connectivity index (χ4v) is 2.60. The third kappa shape index (κ3) is 4.87. The number of rotatable bonds is 4. The molecule has 1 fully saturated rings. The van der Waals surface area contributed by atoms with Gasteiger partial charge in [0.1, 0.15) is 0 Å². The first-order chi connectivity index (χ1) is 10.8. The third-order valence-corrected chi connectivity index (χ3v) is 3.90. The Morgan fingerprint density at radius 2 is 1.83 bits per heavy atom. The van der Waals surface area contributed by atoms with Crippen LogP contribution >= 0.6 is 0 Å². The molecule has 5 nitrogen and oxygen atoms in total. The Hall–Kier alpha value is -2.25. The molecule has 0 bridgehead atoms. The zero-order chi connectivity index (χ0) is 17.0. The minimum absolute atomic E-state index is 0.111. The molecule has 0 saturated heterocycles. The standard InChI is InChI=1S/C15H18F3N3O2/c16-15(17,18)11-4-1-9(2-5-11)8-20-14(23)21-12-6-3-10(7-12)13(19)22/h1-2,4-5,10,12H,3,6-8H2,(H2,19,22)(H2,20,21,23)/t10-,12+/m1/s1. The molecule has 2 rings (SSSR count). The minimum Gasteiger partial charge on any atom is -0.369 e. The summed E-state index contributed by atoms with van der Waals surface area (Å²) in [4.78, 5) is 22.8. The van der Waals surface area contributed by atoms with Gasteiger partial charge in [-0.3, -0.25) is 4.79 Å². The van der Waals surface area contributed by atoms with Gasteiger partial charge in [0.25, 0.3) is 0 Å². The summed E-state index contributed by atoms with van der Waals surface area (Å²) < 4.78 is 37.3. The van der Waals surface area contributed by atoms with Gasteiger partial charge in [-0.25, -0.2) is 4.79 Å². The summed E-state index contributed by atoms with van der Waals surface area (Å²) in [6, 6.07) is 4.07. The molecule has 0 heterocycles. The normalized spacial score (nSPS) is 21.0. The molecule has 126 valence electrons. The van der Waals surface area contributed by atoms with Crippen LogP contribution in [0.2, 0.25) is 0 Å². The molecule has 1 saturated carbocycles. The molecule has 0 unspecified atom stereocenters. The first kappa shape index (κ1) is 17.1. The van der Waals surface area contributed by atoms with Crippen molar-refractivity contribution in [2.45, 2.75) is 38.0 Å². The molecule has 1 aliphatic rings. The van der Waals surface area contributed by atoms with Gasteiger partial charge in [0.15, 0.2) is 0 Å². The second kappa shape index (κ2) is 6.89. The first-order valence-electron chi connectivity index (χ1n) is 7.25. The van der Waals surface area contributed by atoms with Gasteiger partial charge in [-0.05, 0) is 37.0 Å². The summed E-state index contributed by atoms with van der Waals surface area (Å²) >= 11 is 0. The van der Waals surface area contributed by atoms with E-state index in [0.29, 0.717) is 24.8 Å². The lowest BCUT2D eigenvalue weighted by atomic mass is 10.1. The summed E-state index contributed by atoms with van der Waals surface area (Å²) in [7, 11) is 0. The van der Waals surface area contributed by atoms with Crippen LogP contribution in [0, 0.1) is 5.92 Å². The number of carbonyl (C=O) groups excluding carboxylic acids is 2. The number of urea groups is 1. The van der Waals surface area contributed by atoms with Crippen LogP contribution in [0.15, 0.2) is 24.3 Å². The first-order valence-corrected chi connectivity index (χ1v) is 7.25. The number of alkyl halides is 3. The number of nitrogens with two attached hydrogens (primary N) is 1. The van der Waals surface area contributed by atoms with Gasteiger partial charge in [-0.1, -0.05) is 12.1 Å². The fourth-order valence-electron chi connectivity index (χ4n) is 2.60. The van der Waals surface area contributed by atoms with Crippen molar-refractivity contribution in [3.63, 3.8) is 0 Å². The predicted molar refractivity (Wildman–Crippen MR) is 77.1 cm³/mol. The Labute approximate surface area is 131 Å². The zero-order valence-electron chi connectivity index (χ0n) is 12.3. The van der Waals surface area contributed by atoms with Crippen LogP contribution in [-0.2, 0) is 17.5 Å². The van der Waals surface area contributed by atoms with E-state index in [1.54, 1.807) is 0 Å². The van der Waals surface area contributed by atoms with E-state index >= 15 is 0 Å². The largest absolute Gasteiger partial charge is 0.416 e. The van der Waals surface area contributed by atoms with Crippen molar-refractivity contribution in [2.75, 3.05) is 0 Å². The van der Waals surface area contributed by atoms with Gasteiger partial charge in [0, 0.05) is 18.5 Å². The maximum atomic E-state index is 12.4. The smallest absolute Gasteiger partial charge is 0.369 e. The monoisotopic (exact) mass is 329 g/mol. The minimum atomic E-state index is -4.37. The van der Waals surface area contributed by atoms with Crippen LogP contribution in [-0.4, -0.2) is 18.0 Å². The van der Waals surface area contributed by atoms with Crippen molar-refractivity contribution in [2.24, 2.45) is 11.7 Å². The number of nitrogens with one attached hydrogen (secondary N) is 2. The van der Waals surface area contributed by atoms with Gasteiger partial charge >= 0.3 is 12.2 Å². The van der Waals surface area contributed by atoms with Crippen molar-refractivity contribution in [3.05, 3.63) is 35.4 Å². The molecule has 3 amide bonds. The fraction of sp³-hybridized carbons (Fsp3) is 0.467. The number of hydrogen-bond acceptors (Lipinski definition) is 2. The number of amides is 3. The van der Waals surface area contributed by atoms with E-state index in [-0.39, 0.29) is 24.4 Å². The average Bonchev–Trinajstić information content (AvgIpc) is 2.93. The maximum Gasteiger partial charge on any atom is 0.416 e. The molecule has 0 spiro atoms. The Kier molecular flexibility index (Phi) is 5.12. The van der Waals surface area contributed by atoms with Crippen molar-refractivity contribution in [1.29, 1.82) is 0 Å². The number of benzene rings is 1. The number of halogens is 3. The average molecular weight is 329 g/mol. The molecule has 8 heteroatoms. The Bertz CT molecular complexity index is 572. The van der Waals surface area contributed by atoms with Crippen molar-refractivity contribution in [1.82, 2.24) is 10.6 Å². The molecule has 1 aromatic carbocycles. The van der Waals surface area contributed by atoms with Crippen molar-refractivity contribution in [3.8, 4) is 0 Å². The molecule has 0 aliphatic heterocycles. The summed E-state index contributed by atoms with van der Waals surface area (Å²) in [5, 5.41) is 5.31. The van der Waals surface area contributed by atoms with Gasteiger partial charge in [0.2, 0.25) is 5.91 Å². The number of primary amides is 1. The van der Waals surface area contributed by atoms with E-state index in [0.717, 1.165) is 12.1 Å². The highest BCUT2D eigenvalue weighted by Crippen LogP contribution is 2.29. The summed E-state index contributed by atoms with van der Waals surface area (Å²) in [5.74, 6) is -0.574. The highest BCUT2D eigenvalue weighted by atomic mass is 19.4. The molecular weight excluding hydrogens is 311 g/mol. The van der Waals surface area contributed by atoms with E-state index < -0.39 is 17.8 Å². The lowest BCUT2D eigenvalue weighted by Gasteiger charge is -2.14. The van der Waals surface area contributed by atoms with E-state index in [2.05, 4.69) is 10.6 Å². The number of hydrogen-bond donors (Lipinski definition) is 3. The van der Waals surface area contributed by atoms with Crippen molar-refractivity contribution < 1.29 is 22.8 Å². The maximum absolute atomic E-state index is 12.4. The van der Waals surface area contributed by atoms with E-state index in [4.69, 9.17) is 5.73 Å². The topological polar surface area (TPSA) is 84.2 Å². The lowest BCUT2D eigenvalue weighted by molar-refractivity contribution is -0.137. The van der Waals surface area contributed by atoms with Gasteiger partial charge in [-0.2, -0.15) is 13.2 Å². The molecule has 4 N–H and O–H groups in total. The van der Waals surface area contributed by atoms with E-state index in [1.165, 1.54) is 12.1 Å². The third-order valence-electron chi connectivity index (χ3n) is 3.90. The summed E-state index contributed by atoms with van der Waals surface area (Å²) in [5.41, 5.74) is 5.06. The van der Waals surface area contributed by atoms with Crippen molar-refractivity contribution >= 4 is 11.9 Å². The van der Waals surface area contributed by atoms with Crippen LogP contribution in [0.1, 0.15) is 30.4 Å². The molecule has 1 aliphatic carbocycles.